The molecule has 0 radical (unpaired) electrons. The maximum Gasteiger partial charge on any atom is 0.408 e. The number of carboxylic acid groups (broad SMARTS) is 1. The summed E-state index contributed by atoms with van der Waals surface area (Å²) in [4.78, 5) is 21.9. The minimum absolute atomic E-state index is 0.0432. The van der Waals surface area contributed by atoms with E-state index >= 15 is 0 Å². The molecule has 18 heavy (non-hydrogen) atoms. The van der Waals surface area contributed by atoms with E-state index in [9.17, 15) is 22.8 Å². The Morgan fingerprint density at radius 2 is 2.11 bits per heavy atom. The number of esters is 1. The topological polar surface area (TPSA) is 81.4 Å². The number of hydrogen-bond acceptors (Lipinski definition) is 4. The Morgan fingerprint density at radius 3 is 2.56 bits per heavy atom. The number of rotatable bonds is 4. The fraction of sp³-hybridized carbons (Fsp3) is 0.444. The van der Waals surface area contributed by atoms with Crippen LogP contribution in [0.25, 0.3) is 0 Å². The van der Waals surface area contributed by atoms with Crippen LogP contribution in [0.15, 0.2) is 6.07 Å². The van der Waals surface area contributed by atoms with Crippen molar-refractivity contribution < 1.29 is 32.6 Å². The summed E-state index contributed by atoms with van der Waals surface area (Å²) in [5.74, 6) is -2.58. The summed E-state index contributed by atoms with van der Waals surface area (Å²) in [6, 6.07) is 0.742. The van der Waals surface area contributed by atoms with Gasteiger partial charge in [-0.05, 0) is 6.92 Å². The van der Waals surface area contributed by atoms with Gasteiger partial charge in [-0.2, -0.15) is 18.3 Å². The van der Waals surface area contributed by atoms with Crippen molar-refractivity contribution in [2.24, 2.45) is 0 Å². The molecule has 100 valence electrons. The van der Waals surface area contributed by atoms with Crippen molar-refractivity contribution in [3.8, 4) is 0 Å². The van der Waals surface area contributed by atoms with Gasteiger partial charge in [0.25, 0.3) is 0 Å². The summed E-state index contributed by atoms with van der Waals surface area (Å²) < 4.78 is 41.4. The Labute approximate surface area is 99.0 Å². The zero-order chi connectivity index (χ0) is 13.9. The third kappa shape index (κ3) is 3.47. The molecule has 0 fully saturated rings. The first-order chi connectivity index (χ1) is 8.24. The minimum atomic E-state index is -4.62. The SMILES string of the molecule is CCOC(=O)c1cc(C(=O)O)nn1CC(F)(F)F. The van der Waals surface area contributed by atoms with Crippen molar-refractivity contribution >= 4 is 11.9 Å². The molecular formula is C9H9F3N2O4. The van der Waals surface area contributed by atoms with Gasteiger partial charge in [0.1, 0.15) is 12.2 Å². The highest BCUT2D eigenvalue weighted by Crippen LogP contribution is 2.19. The molecule has 9 heteroatoms. The van der Waals surface area contributed by atoms with Crippen LogP contribution in [0, 0.1) is 0 Å². The molecule has 1 N–H and O–H groups in total. The van der Waals surface area contributed by atoms with Gasteiger partial charge in [-0.15, -0.1) is 0 Å². The first-order valence-corrected chi connectivity index (χ1v) is 4.79. The third-order valence-electron chi connectivity index (χ3n) is 1.81. The molecule has 0 bridgehead atoms. The Kier molecular flexibility index (Phi) is 3.94. The predicted octanol–water partition coefficient (Wildman–Crippen LogP) is 1.32. The summed E-state index contributed by atoms with van der Waals surface area (Å²) >= 11 is 0. The molecule has 0 aliphatic carbocycles. The van der Waals surface area contributed by atoms with Crippen molar-refractivity contribution in [2.45, 2.75) is 19.6 Å². The van der Waals surface area contributed by atoms with Crippen LogP contribution >= 0.6 is 0 Å². The lowest BCUT2D eigenvalue weighted by atomic mass is 10.3. The Morgan fingerprint density at radius 1 is 1.50 bits per heavy atom. The number of alkyl halides is 3. The number of carboxylic acids is 1. The van der Waals surface area contributed by atoms with Crippen molar-refractivity contribution in [1.29, 1.82) is 0 Å². The van der Waals surface area contributed by atoms with E-state index in [1.165, 1.54) is 6.92 Å². The number of ether oxygens (including phenoxy) is 1. The predicted molar refractivity (Wildman–Crippen MR) is 51.2 cm³/mol. The highest BCUT2D eigenvalue weighted by Gasteiger charge is 2.32. The van der Waals surface area contributed by atoms with Crippen LogP contribution in [-0.4, -0.2) is 39.6 Å². The highest BCUT2D eigenvalue weighted by atomic mass is 19.4. The maximum absolute atomic E-state index is 12.2. The van der Waals surface area contributed by atoms with Gasteiger partial charge >= 0.3 is 18.1 Å². The van der Waals surface area contributed by atoms with E-state index in [0.717, 1.165) is 6.07 Å². The molecule has 0 aliphatic rings. The number of carbonyl (C=O) groups is 2. The Hall–Kier alpha value is -2.06. The molecule has 0 saturated heterocycles. The summed E-state index contributed by atoms with van der Waals surface area (Å²) in [7, 11) is 0. The lowest BCUT2D eigenvalue weighted by Gasteiger charge is -2.09. The summed E-state index contributed by atoms with van der Waals surface area (Å²) in [5.41, 5.74) is -1.20. The van der Waals surface area contributed by atoms with E-state index in [1.807, 2.05) is 0 Å². The van der Waals surface area contributed by atoms with E-state index in [2.05, 4.69) is 9.84 Å². The molecule has 0 saturated carbocycles. The monoisotopic (exact) mass is 266 g/mol. The number of hydrogen-bond donors (Lipinski definition) is 1. The lowest BCUT2D eigenvalue weighted by molar-refractivity contribution is -0.142. The number of aromatic nitrogens is 2. The molecule has 1 aromatic rings. The van der Waals surface area contributed by atoms with Crippen LogP contribution in [0.3, 0.4) is 0 Å². The van der Waals surface area contributed by atoms with Gasteiger partial charge in [-0.25, -0.2) is 14.3 Å². The first-order valence-electron chi connectivity index (χ1n) is 4.79. The molecule has 0 spiro atoms. The molecule has 6 nitrogen and oxygen atoms in total. The van der Waals surface area contributed by atoms with Gasteiger partial charge in [-0.3, -0.25) is 0 Å². The van der Waals surface area contributed by atoms with E-state index in [4.69, 9.17) is 5.11 Å². The molecule has 0 unspecified atom stereocenters. The molecule has 0 atom stereocenters. The van der Waals surface area contributed by atoms with Gasteiger partial charge in [0.2, 0.25) is 0 Å². The second kappa shape index (κ2) is 5.07. The van der Waals surface area contributed by atoms with Crippen LogP contribution in [-0.2, 0) is 11.3 Å². The van der Waals surface area contributed by atoms with Gasteiger partial charge in [0.05, 0.1) is 6.61 Å². The van der Waals surface area contributed by atoms with Gasteiger partial charge < -0.3 is 9.84 Å². The summed E-state index contributed by atoms with van der Waals surface area (Å²) in [6.07, 6.45) is -4.62. The molecule has 0 aliphatic heterocycles. The van der Waals surface area contributed by atoms with Crippen molar-refractivity contribution in [2.75, 3.05) is 6.61 Å². The molecule has 0 aromatic carbocycles. The number of carbonyl (C=O) groups excluding carboxylic acids is 1. The summed E-state index contributed by atoms with van der Waals surface area (Å²) in [5, 5.41) is 11.8. The third-order valence-corrected chi connectivity index (χ3v) is 1.81. The first kappa shape index (κ1) is 14.0. The average molecular weight is 266 g/mol. The molecule has 1 aromatic heterocycles. The quantitative estimate of drug-likeness (QED) is 0.831. The van der Waals surface area contributed by atoms with Crippen LogP contribution in [0.5, 0.6) is 0 Å². The fourth-order valence-electron chi connectivity index (χ4n) is 1.18. The molecule has 1 rings (SSSR count). The van der Waals surface area contributed by atoms with Gasteiger partial charge in [0, 0.05) is 6.07 Å². The second-order valence-corrected chi connectivity index (χ2v) is 3.21. The van der Waals surface area contributed by atoms with Crippen molar-refractivity contribution in [3.05, 3.63) is 17.5 Å². The molecular weight excluding hydrogens is 257 g/mol. The smallest absolute Gasteiger partial charge is 0.408 e. The minimum Gasteiger partial charge on any atom is -0.476 e. The molecule has 0 amide bonds. The standard InChI is InChI=1S/C9H9F3N2O4/c1-2-18-8(17)6-3-5(7(15)16)13-14(6)4-9(10,11)12/h3H,2,4H2,1H3,(H,15,16). The van der Waals surface area contributed by atoms with E-state index < -0.39 is 36.0 Å². The number of nitrogens with zero attached hydrogens (tertiary/aromatic N) is 2. The van der Waals surface area contributed by atoms with E-state index in [0.29, 0.717) is 0 Å². The summed E-state index contributed by atoms with van der Waals surface area (Å²) in [6.45, 7) is -0.132. The maximum atomic E-state index is 12.2. The Balaban J connectivity index is 3.13. The largest absolute Gasteiger partial charge is 0.476 e. The van der Waals surface area contributed by atoms with Crippen LogP contribution in [0.4, 0.5) is 13.2 Å². The van der Waals surface area contributed by atoms with Crippen LogP contribution in [0.2, 0.25) is 0 Å². The Bertz CT molecular complexity index is 467. The normalized spacial score (nSPS) is 11.3. The average Bonchev–Trinajstić information content (AvgIpc) is 2.59. The van der Waals surface area contributed by atoms with Crippen LogP contribution in [0.1, 0.15) is 27.9 Å². The van der Waals surface area contributed by atoms with E-state index in [1.54, 1.807) is 0 Å². The second-order valence-electron chi connectivity index (χ2n) is 3.21. The number of halogens is 3. The van der Waals surface area contributed by atoms with Crippen molar-refractivity contribution in [3.63, 3.8) is 0 Å². The number of aromatic carboxylic acids is 1. The van der Waals surface area contributed by atoms with Gasteiger partial charge in [-0.1, -0.05) is 0 Å². The fourth-order valence-corrected chi connectivity index (χ4v) is 1.18. The van der Waals surface area contributed by atoms with Crippen molar-refractivity contribution in [1.82, 2.24) is 9.78 Å². The highest BCUT2D eigenvalue weighted by molar-refractivity contribution is 5.92. The zero-order valence-electron chi connectivity index (χ0n) is 9.19. The van der Waals surface area contributed by atoms with E-state index in [-0.39, 0.29) is 11.3 Å². The van der Waals surface area contributed by atoms with Gasteiger partial charge in [0.15, 0.2) is 5.69 Å². The lowest BCUT2D eigenvalue weighted by Crippen LogP contribution is -2.23. The van der Waals surface area contributed by atoms with Crippen LogP contribution < -0.4 is 0 Å². The zero-order valence-corrected chi connectivity index (χ0v) is 9.19. The molecule has 1 heterocycles.